The lowest BCUT2D eigenvalue weighted by molar-refractivity contribution is 0.287. The minimum absolute atomic E-state index is 0.344. The molecule has 0 bridgehead atoms. The molecule has 74 valence electrons. The summed E-state index contributed by atoms with van der Waals surface area (Å²) in [6.45, 7) is 2.40. The van der Waals surface area contributed by atoms with Gasteiger partial charge in [-0.3, -0.25) is 0 Å². The molecule has 1 fully saturated rings. The molecule has 1 aliphatic rings. The standard InChI is InChI=1S/C4H8O2S.C4H10O/c5-7(6)3-1-2-4-7;1-2-3-4-5/h1-4H2;5H,2-4H2,1H3. The van der Waals surface area contributed by atoms with E-state index in [0.717, 1.165) is 25.7 Å². The van der Waals surface area contributed by atoms with Crippen LogP contribution in [0.5, 0.6) is 0 Å². The Kier molecular flexibility index (Phi) is 6.38. The quantitative estimate of drug-likeness (QED) is 0.712. The summed E-state index contributed by atoms with van der Waals surface area (Å²) in [6.07, 6.45) is 3.79. The van der Waals surface area contributed by atoms with Gasteiger partial charge in [-0.15, -0.1) is 0 Å². The van der Waals surface area contributed by atoms with Gasteiger partial charge >= 0.3 is 0 Å². The van der Waals surface area contributed by atoms with Crippen molar-refractivity contribution in [1.29, 1.82) is 0 Å². The predicted octanol–water partition coefficient (Wildman–Crippen LogP) is 0.974. The number of aliphatic hydroxyl groups excluding tert-OH is 1. The molecule has 12 heavy (non-hydrogen) atoms. The Labute approximate surface area is 74.7 Å². The van der Waals surface area contributed by atoms with Crippen LogP contribution in [0.4, 0.5) is 0 Å². The van der Waals surface area contributed by atoms with Gasteiger partial charge in [-0.25, -0.2) is 8.42 Å². The zero-order valence-electron chi connectivity index (χ0n) is 7.62. The average molecular weight is 194 g/mol. The van der Waals surface area contributed by atoms with E-state index in [1.807, 2.05) is 0 Å². The summed E-state index contributed by atoms with van der Waals surface area (Å²) < 4.78 is 20.9. The van der Waals surface area contributed by atoms with Gasteiger partial charge < -0.3 is 5.11 Å². The first-order valence-electron chi connectivity index (χ1n) is 4.43. The first kappa shape index (κ1) is 11.9. The monoisotopic (exact) mass is 194 g/mol. The van der Waals surface area contributed by atoms with Crippen molar-refractivity contribution in [2.75, 3.05) is 18.1 Å². The van der Waals surface area contributed by atoms with E-state index in [1.54, 1.807) is 0 Å². The fraction of sp³-hybridized carbons (Fsp3) is 1.00. The first-order chi connectivity index (χ1) is 5.62. The summed E-state index contributed by atoms with van der Waals surface area (Å²) in [5, 5.41) is 8.07. The Hall–Kier alpha value is -0.0900. The van der Waals surface area contributed by atoms with E-state index >= 15 is 0 Å². The van der Waals surface area contributed by atoms with Crippen molar-refractivity contribution in [2.24, 2.45) is 0 Å². The van der Waals surface area contributed by atoms with E-state index in [0.29, 0.717) is 18.1 Å². The molecule has 0 radical (unpaired) electrons. The van der Waals surface area contributed by atoms with Gasteiger partial charge in [0.2, 0.25) is 0 Å². The van der Waals surface area contributed by atoms with Crippen molar-refractivity contribution < 1.29 is 13.5 Å². The van der Waals surface area contributed by atoms with Crippen LogP contribution in [0.15, 0.2) is 0 Å². The molecule has 0 aromatic heterocycles. The van der Waals surface area contributed by atoms with E-state index in [-0.39, 0.29) is 0 Å². The number of hydrogen-bond acceptors (Lipinski definition) is 3. The highest BCUT2D eigenvalue weighted by Crippen LogP contribution is 2.08. The first-order valence-corrected chi connectivity index (χ1v) is 6.26. The minimum Gasteiger partial charge on any atom is -0.396 e. The number of aliphatic hydroxyl groups is 1. The van der Waals surface area contributed by atoms with E-state index in [4.69, 9.17) is 5.11 Å². The van der Waals surface area contributed by atoms with Gasteiger partial charge in [0.25, 0.3) is 0 Å². The minimum atomic E-state index is -2.55. The summed E-state index contributed by atoms with van der Waals surface area (Å²) in [5.74, 6) is 0.847. The lowest BCUT2D eigenvalue weighted by Gasteiger charge is -1.81. The van der Waals surface area contributed by atoms with Crippen LogP contribution in [-0.4, -0.2) is 31.6 Å². The van der Waals surface area contributed by atoms with Crippen LogP contribution in [0.3, 0.4) is 0 Å². The molecule has 3 nitrogen and oxygen atoms in total. The Bertz CT molecular complexity index is 170. The molecule has 0 amide bonds. The van der Waals surface area contributed by atoms with Crippen molar-refractivity contribution >= 4 is 9.84 Å². The molecule has 1 saturated heterocycles. The molecular weight excluding hydrogens is 176 g/mol. The predicted molar refractivity (Wildman–Crippen MR) is 49.9 cm³/mol. The maximum Gasteiger partial charge on any atom is 0.150 e. The molecule has 0 aliphatic carbocycles. The molecule has 1 rings (SSSR count). The summed E-state index contributed by atoms with van der Waals surface area (Å²) in [5.41, 5.74) is 0. The number of unbranched alkanes of at least 4 members (excludes halogenated alkanes) is 1. The van der Waals surface area contributed by atoms with E-state index in [9.17, 15) is 8.42 Å². The SMILES string of the molecule is CCCCO.O=S1(=O)CCCC1. The van der Waals surface area contributed by atoms with Crippen molar-refractivity contribution in [2.45, 2.75) is 32.6 Å². The summed E-state index contributed by atoms with van der Waals surface area (Å²) >= 11 is 0. The lowest BCUT2D eigenvalue weighted by atomic mass is 10.4. The lowest BCUT2D eigenvalue weighted by Crippen LogP contribution is -1.98. The molecule has 4 heteroatoms. The fourth-order valence-electron chi connectivity index (χ4n) is 0.904. The van der Waals surface area contributed by atoms with Crippen molar-refractivity contribution in [3.63, 3.8) is 0 Å². The molecule has 0 saturated carbocycles. The average Bonchev–Trinajstić information content (AvgIpc) is 2.37. The van der Waals surface area contributed by atoms with Gasteiger partial charge in [0.15, 0.2) is 0 Å². The molecule has 0 unspecified atom stereocenters. The Balaban J connectivity index is 0.000000217. The third-order valence-corrected chi connectivity index (χ3v) is 3.49. The second kappa shape index (κ2) is 6.43. The second-order valence-corrected chi connectivity index (χ2v) is 5.24. The highest BCUT2D eigenvalue weighted by molar-refractivity contribution is 7.91. The van der Waals surface area contributed by atoms with Crippen LogP contribution < -0.4 is 0 Å². The third-order valence-electron chi connectivity index (χ3n) is 1.67. The van der Waals surface area contributed by atoms with Gasteiger partial charge in [-0.05, 0) is 19.3 Å². The van der Waals surface area contributed by atoms with E-state index in [1.165, 1.54) is 0 Å². The maximum atomic E-state index is 10.4. The van der Waals surface area contributed by atoms with Gasteiger partial charge in [0.1, 0.15) is 9.84 Å². The third kappa shape index (κ3) is 6.61. The van der Waals surface area contributed by atoms with Gasteiger partial charge in [0.05, 0.1) is 11.5 Å². The highest BCUT2D eigenvalue weighted by atomic mass is 32.2. The van der Waals surface area contributed by atoms with Crippen molar-refractivity contribution in [3.05, 3.63) is 0 Å². The van der Waals surface area contributed by atoms with Crippen molar-refractivity contribution in [1.82, 2.24) is 0 Å². The molecular formula is C8H18O3S. The Morgan fingerprint density at radius 3 is 1.83 bits per heavy atom. The van der Waals surface area contributed by atoms with Crippen LogP contribution >= 0.6 is 0 Å². The second-order valence-electron chi connectivity index (χ2n) is 2.94. The summed E-state index contributed by atoms with van der Waals surface area (Å²) in [4.78, 5) is 0. The van der Waals surface area contributed by atoms with Crippen LogP contribution in [0.25, 0.3) is 0 Å². The van der Waals surface area contributed by atoms with Crippen LogP contribution in [0.2, 0.25) is 0 Å². The number of hydrogen-bond donors (Lipinski definition) is 1. The normalized spacial score (nSPS) is 19.8. The number of rotatable bonds is 2. The largest absolute Gasteiger partial charge is 0.396 e. The zero-order valence-corrected chi connectivity index (χ0v) is 8.44. The topological polar surface area (TPSA) is 54.4 Å². The summed E-state index contributed by atoms with van der Waals surface area (Å²) in [7, 11) is -2.55. The summed E-state index contributed by atoms with van der Waals surface area (Å²) in [6, 6.07) is 0. The van der Waals surface area contributed by atoms with Gasteiger partial charge in [-0.1, -0.05) is 13.3 Å². The maximum absolute atomic E-state index is 10.4. The highest BCUT2D eigenvalue weighted by Gasteiger charge is 2.16. The van der Waals surface area contributed by atoms with Crippen LogP contribution in [-0.2, 0) is 9.84 Å². The van der Waals surface area contributed by atoms with E-state index < -0.39 is 9.84 Å². The molecule has 1 heterocycles. The molecule has 0 aromatic rings. The van der Waals surface area contributed by atoms with Crippen LogP contribution in [0, 0.1) is 0 Å². The Morgan fingerprint density at radius 1 is 1.25 bits per heavy atom. The van der Waals surface area contributed by atoms with Gasteiger partial charge in [-0.2, -0.15) is 0 Å². The van der Waals surface area contributed by atoms with Crippen molar-refractivity contribution in [3.8, 4) is 0 Å². The van der Waals surface area contributed by atoms with E-state index in [2.05, 4.69) is 6.92 Å². The molecule has 0 aromatic carbocycles. The molecule has 1 aliphatic heterocycles. The smallest absolute Gasteiger partial charge is 0.150 e. The zero-order chi connectivity index (χ0) is 9.45. The molecule has 0 spiro atoms. The number of sulfone groups is 1. The fourth-order valence-corrected chi connectivity index (χ4v) is 2.40. The van der Waals surface area contributed by atoms with Crippen LogP contribution in [0.1, 0.15) is 32.6 Å². The Morgan fingerprint density at radius 2 is 1.75 bits per heavy atom. The van der Waals surface area contributed by atoms with Gasteiger partial charge in [0, 0.05) is 6.61 Å². The molecule has 1 N–H and O–H groups in total. The molecule has 0 atom stereocenters.